The highest BCUT2D eigenvalue weighted by Gasteiger charge is 2.14. The highest BCUT2D eigenvalue weighted by Crippen LogP contribution is 2.35. The number of anilines is 1. The van der Waals surface area contributed by atoms with Gasteiger partial charge in [0.2, 0.25) is 0 Å². The fourth-order valence-electron chi connectivity index (χ4n) is 1.59. The molecule has 0 atom stereocenters. The summed E-state index contributed by atoms with van der Waals surface area (Å²) >= 11 is 0.887. The van der Waals surface area contributed by atoms with Crippen LogP contribution in [0.1, 0.15) is 11.1 Å². The van der Waals surface area contributed by atoms with Crippen molar-refractivity contribution in [3.8, 4) is 6.07 Å². The third-order valence-corrected chi connectivity index (χ3v) is 3.64. The standard InChI is InChI=1S/C14H10F2N2S/c1-8-2-3-9(7-17)13(4-8)19-14-11(15)5-10(18)6-12(14)16/h2-6H,18H2,1H3. The smallest absolute Gasteiger partial charge is 0.142 e. The number of halogens is 2. The molecule has 19 heavy (non-hydrogen) atoms. The molecular weight excluding hydrogens is 266 g/mol. The third-order valence-electron chi connectivity index (χ3n) is 2.49. The Labute approximate surface area is 113 Å². The van der Waals surface area contributed by atoms with E-state index in [0.29, 0.717) is 10.5 Å². The van der Waals surface area contributed by atoms with Crippen molar-refractivity contribution in [2.75, 3.05) is 5.73 Å². The van der Waals surface area contributed by atoms with Crippen molar-refractivity contribution in [3.05, 3.63) is 53.1 Å². The lowest BCUT2D eigenvalue weighted by atomic mass is 10.2. The van der Waals surface area contributed by atoms with Crippen LogP contribution in [0.3, 0.4) is 0 Å². The molecule has 0 saturated carbocycles. The van der Waals surface area contributed by atoms with Crippen LogP contribution in [-0.2, 0) is 0 Å². The number of hydrogen-bond acceptors (Lipinski definition) is 3. The molecule has 0 radical (unpaired) electrons. The first-order valence-corrected chi connectivity index (χ1v) is 6.26. The van der Waals surface area contributed by atoms with Crippen molar-refractivity contribution in [2.45, 2.75) is 16.7 Å². The van der Waals surface area contributed by atoms with Crippen LogP contribution in [0.2, 0.25) is 0 Å². The average Bonchev–Trinajstić information content (AvgIpc) is 2.34. The fourth-order valence-corrected chi connectivity index (χ4v) is 2.59. The summed E-state index contributed by atoms with van der Waals surface area (Å²) in [5, 5.41) is 9.00. The Morgan fingerprint density at radius 2 is 1.79 bits per heavy atom. The number of nitrogen functional groups attached to an aromatic ring is 1. The molecule has 0 amide bonds. The molecule has 0 aliphatic heterocycles. The molecule has 0 unspecified atom stereocenters. The maximum Gasteiger partial charge on any atom is 0.142 e. The molecule has 5 heteroatoms. The average molecular weight is 276 g/mol. The van der Waals surface area contributed by atoms with Gasteiger partial charge in [-0.05, 0) is 36.8 Å². The number of rotatable bonds is 2. The molecular formula is C14H10F2N2S. The number of nitriles is 1. The van der Waals surface area contributed by atoms with Crippen LogP contribution in [-0.4, -0.2) is 0 Å². The van der Waals surface area contributed by atoms with Gasteiger partial charge in [-0.15, -0.1) is 0 Å². The molecule has 2 aromatic carbocycles. The van der Waals surface area contributed by atoms with Gasteiger partial charge >= 0.3 is 0 Å². The van der Waals surface area contributed by atoms with E-state index in [1.54, 1.807) is 18.2 Å². The second kappa shape index (κ2) is 5.29. The number of nitrogens with two attached hydrogens (primary N) is 1. The summed E-state index contributed by atoms with van der Waals surface area (Å²) in [6.07, 6.45) is 0. The van der Waals surface area contributed by atoms with Gasteiger partial charge in [0.1, 0.15) is 17.7 Å². The van der Waals surface area contributed by atoms with E-state index in [1.165, 1.54) is 0 Å². The Bertz CT molecular complexity index is 655. The second-order valence-electron chi connectivity index (χ2n) is 4.03. The van der Waals surface area contributed by atoms with Crippen LogP contribution in [0.15, 0.2) is 40.1 Å². The first-order chi connectivity index (χ1) is 9.01. The Morgan fingerprint density at radius 1 is 1.16 bits per heavy atom. The molecule has 0 aliphatic carbocycles. The Balaban J connectivity index is 2.48. The van der Waals surface area contributed by atoms with Crippen LogP contribution in [0, 0.1) is 29.9 Å². The lowest BCUT2D eigenvalue weighted by molar-refractivity contribution is 0.542. The van der Waals surface area contributed by atoms with Gasteiger partial charge in [-0.1, -0.05) is 17.8 Å². The summed E-state index contributed by atoms with van der Waals surface area (Å²) in [6, 6.07) is 9.25. The Hall–Kier alpha value is -2.06. The zero-order chi connectivity index (χ0) is 14.0. The number of nitrogens with zero attached hydrogens (tertiary/aromatic N) is 1. The van der Waals surface area contributed by atoms with E-state index in [0.717, 1.165) is 29.5 Å². The topological polar surface area (TPSA) is 49.8 Å². The molecule has 96 valence electrons. The molecule has 0 aromatic heterocycles. The zero-order valence-corrected chi connectivity index (χ0v) is 10.9. The Morgan fingerprint density at radius 3 is 2.37 bits per heavy atom. The van der Waals surface area contributed by atoms with E-state index in [1.807, 2.05) is 13.0 Å². The fraction of sp³-hybridized carbons (Fsp3) is 0.0714. The monoisotopic (exact) mass is 276 g/mol. The van der Waals surface area contributed by atoms with Gasteiger partial charge in [0.15, 0.2) is 0 Å². The molecule has 0 bridgehead atoms. The van der Waals surface area contributed by atoms with Crippen molar-refractivity contribution >= 4 is 17.4 Å². The quantitative estimate of drug-likeness (QED) is 0.847. The van der Waals surface area contributed by atoms with Gasteiger partial charge in [0, 0.05) is 10.6 Å². The number of benzene rings is 2. The molecule has 2 nitrogen and oxygen atoms in total. The van der Waals surface area contributed by atoms with Crippen molar-refractivity contribution in [1.29, 1.82) is 5.26 Å². The van der Waals surface area contributed by atoms with Crippen molar-refractivity contribution < 1.29 is 8.78 Å². The van der Waals surface area contributed by atoms with E-state index >= 15 is 0 Å². The minimum absolute atomic E-state index is 0.0316. The lowest BCUT2D eigenvalue weighted by Crippen LogP contribution is -1.94. The van der Waals surface area contributed by atoms with E-state index in [9.17, 15) is 8.78 Å². The highest BCUT2D eigenvalue weighted by molar-refractivity contribution is 7.99. The molecule has 0 aliphatic rings. The van der Waals surface area contributed by atoms with Crippen molar-refractivity contribution in [3.63, 3.8) is 0 Å². The molecule has 0 spiro atoms. The van der Waals surface area contributed by atoms with Gasteiger partial charge in [0.25, 0.3) is 0 Å². The summed E-state index contributed by atoms with van der Waals surface area (Å²) in [5.41, 5.74) is 6.69. The highest BCUT2D eigenvalue weighted by atomic mass is 32.2. The second-order valence-corrected chi connectivity index (χ2v) is 5.08. The molecule has 0 saturated heterocycles. The summed E-state index contributed by atoms with van der Waals surface area (Å²) in [6.45, 7) is 1.85. The van der Waals surface area contributed by atoms with Gasteiger partial charge in [-0.25, -0.2) is 8.78 Å². The van der Waals surface area contributed by atoms with Crippen LogP contribution in [0.4, 0.5) is 14.5 Å². The molecule has 2 aromatic rings. The minimum Gasteiger partial charge on any atom is -0.399 e. The van der Waals surface area contributed by atoms with Crippen LogP contribution in [0.5, 0.6) is 0 Å². The molecule has 2 rings (SSSR count). The van der Waals surface area contributed by atoms with Gasteiger partial charge in [-0.2, -0.15) is 5.26 Å². The summed E-state index contributed by atoms with van der Waals surface area (Å²) < 4.78 is 27.4. The molecule has 0 fully saturated rings. The minimum atomic E-state index is -0.729. The maximum absolute atomic E-state index is 13.7. The number of hydrogen-bond donors (Lipinski definition) is 1. The predicted molar refractivity (Wildman–Crippen MR) is 70.8 cm³/mol. The normalized spacial score (nSPS) is 10.2. The first kappa shape index (κ1) is 13.4. The summed E-state index contributed by atoms with van der Waals surface area (Å²) in [7, 11) is 0. The van der Waals surface area contributed by atoms with Crippen molar-refractivity contribution in [2.24, 2.45) is 0 Å². The van der Waals surface area contributed by atoms with Gasteiger partial charge in [0.05, 0.1) is 10.5 Å². The largest absolute Gasteiger partial charge is 0.399 e. The van der Waals surface area contributed by atoms with Crippen LogP contribution in [0.25, 0.3) is 0 Å². The lowest BCUT2D eigenvalue weighted by Gasteiger charge is -2.08. The van der Waals surface area contributed by atoms with E-state index < -0.39 is 11.6 Å². The van der Waals surface area contributed by atoms with Crippen LogP contribution >= 0.6 is 11.8 Å². The molecule has 2 N–H and O–H groups in total. The van der Waals surface area contributed by atoms with E-state index in [4.69, 9.17) is 11.0 Å². The van der Waals surface area contributed by atoms with E-state index in [-0.39, 0.29) is 10.6 Å². The Kier molecular flexibility index (Phi) is 3.72. The summed E-state index contributed by atoms with van der Waals surface area (Å²) in [5.74, 6) is -1.46. The maximum atomic E-state index is 13.7. The first-order valence-electron chi connectivity index (χ1n) is 5.44. The summed E-state index contributed by atoms with van der Waals surface area (Å²) in [4.78, 5) is 0.362. The van der Waals surface area contributed by atoms with E-state index in [2.05, 4.69) is 0 Å². The third kappa shape index (κ3) is 2.85. The number of aryl methyl sites for hydroxylation is 1. The van der Waals surface area contributed by atoms with Crippen molar-refractivity contribution in [1.82, 2.24) is 0 Å². The zero-order valence-electron chi connectivity index (χ0n) is 10.1. The van der Waals surface area contributed by atoms with Gasteiger partial charge in [-0.3, -0.25) is 0 Å². The SMILES string of the molecule is Cc1ccc(C#N)c(Sc2c(F)cc(N)cc2F)c1. The van der Waals surface area contributed by atoms with Gasteiger partial charge < -0.3 is 5.73 Å². The molecule has 0 heterocycles. The van der Waals surface area contributed by atoms with Crippen LogP contribution < -0.4 is 5.73 Å². The predicted octanol–water partition coefficient (Wildman–Crippen LogP) is 3.88.